The first-order chi connectivity index (χ1) is 6.33. The van der Waals surface area contributed by atoms with Crippen LogP contribution in [-0.4, -0.2) is 17.9 Å². The topological polar surface area (TPSA) is 54.0 Å². The zero-order valence-electron chi connectivity index (χ0n) is 7.58. The molecule has 0 atom stereocenters. The first-order valence-electron chi connectivity index (χ1n) is 4.17. The second-order valence-electron chi connectivity index (χ2n) is 2.66. The molecule has 0 aliphatic rings. The Balaban J connectivity index is 2.31. The van der Waals surface area contributed by atoms with Gasteiger partial charge in [0.15, 0.2) is 0 Å². The summed E-state index contributed by atoms with van der Waals surface area (Å²) in [6.07, 6.45) is 4.69. The number of carbonyl (C=O) groups excluding carboxylic acids is 1. The van der Waals surface area contributed by atoms with E-state index >= 15 is 0 Å². The number of amides is 1. The summed E-state index contributed by atoms with van der Waals surface area (Å²) in [4.78, 5) is 15.0. The first kappa shape index (κ1) is 9.67. The van der Waals surface area contributed by atoms with Crippen LogP contribution >= 0.6 is 0 Å². The fourth-order valence-corrected chi connectivity index (χ4v) is 1.01. The molecule has 4 nitrogen and oxygen atoms in total. The zero-order chi connectivity index (χ0) is 9.52. The number of aryl methyl sites for hydroxylation is 1. The second kappa shape index (κ2) is 5.27. The quantitative estimate of drug-likeness (QED) is 0.652. The Morgan fingerprint density at radius 1 is 1.62 bits per heavy atom. The lowest BCUT2D eigenvalue weighted by molar-refractivity contribution is -0.121. The number of rotatable bonds is 4. The van der Waals surface area contributed by atoms with Crippen molar-refractivity contribution < 1.29 is 4.79 Å². The van der Waals surface area contributed by atoms with Crippen LogP contribution in [0.3, 0.4) is 0 Å². The van der Waals surface area contributed by atoms with Gasteiger partial charge in [-0.3, -0.25) is 15.2 Å². The van der Waals surface area contributed by atoms with Crippen LogP contribution < -0.4 is 10.9 Å². The van der Waals surface area contributed by atoms with Gasteiger partial charge in [0, 0.05) is 25.9 Å². The van der Waals surface area contributed by atoms with Crippen LogP contribution in [0.1, 0.15) is 12.0 Å². The van der Waals surface area contributed by atoms with E-state index in [9.17, 15) is 4.79 Å². The Bertz CT molecular complexity index is 261. The smallest absolute Gasteiger partial charge is 0.234 e. The number of hydrogen-bond donors (Lipinski definition) is 2. The minimum atomic E-state index is -0.00801. The summed E-state index contributed by atoms with van der Waals surface area (Å²) < 4.78 is 0. The molecule has 0 aliphatic heterocycles. The molecule has 0 aromatic carbocycles. The summed E-state index contributed by atoms with van der Waals surface area (Å²) >= 11 is 0. The van der Waals surface area contributed by atoms with Gasteiger partial charge in [0.25, 0.3) is 0 Å². The maximum absolute atomic E-state index is 11.0. The number of nitrogens with zero attached hydrogens (tertiary/aromatic N) is 1. The minimum Gasteiger partial charge on any atom is -0.292 e. The minimum absolute atomic E-state index is 0.00801. The normalized spacial score (nSPS) is 9.62. The molecule has 1 aromatic rings. The summed E-state index contributed by atoms with van der Waals surface area (Å²) in [5.41, 5.74) is 6.17. The lowest BCUT2D eigenvalue weighted by Crippen LogP contribution is -2.34. The highest BCUT2D eigenvalue weighted by Crippen LogP contribution is 1.99. The van der Waals surface area contributed by atoms with Crippen LogP contribution in [0.5, 0.6) is 0 Å². The summed E-state index contributed by atoms with van der Waals surface area (Å²) in [6, 6.07) is 3.82. The van der Waals surface area contributed by atoms with Gasteiger partial charge in [-0.2, -0.15) is 0 Å². The Labute approximate surface area is 77.3 Å². The van der Waals surface area contributed by atoms with Crippen molar-refractivity contribution in [2.24, 2.45) is 0 Å². The Hall–Kier alpha value is -1.42. The van der Waals surface area contributed by atoms with Crippen molar-refractivity contribution in [3.63, 3.8) is 0 Å². The molecule has 0 radical (unpaired) electrons. The van der Waals surface area contributed by atoms with E-state index in [0.717, 1.165) is 12.0 Å². The summed E-state index contributed by atoms with van der Waals surface area (Å²) in [5, 5.41) is 0. The molecule has 13 heavy (non-hydrogen) atoms. The average molecular weight is 179 g/mol. The van der Waals surface area contributed by atoms with E-state index < -0.39 is 0 Å². The van der Waals surface area contributed by atoms with E-state index in [1.54, 1.807) is 19.4 Å². The lowest BCUT2D eigenvalue weighted by atomic mass is 10.1. The maximum Gasteiger partial charge on any atom is 0.234 e. The third kappa shape index (κ3) is 3.66. The van der Waals surface area contributed by atoms with Gasteiger partial charge in [-0.05, 0) is 18.1 Å². The molecule has 2 N–H and O–H groups in total. The fraction of sp³-hybridized carbons (Fsp3) is 0.333. The lowest BCUT2D eigenvalue weighted by Gasteiger charge is -2.01. The molecule has 0 bridgehead atoms. The van der Waals surface area contributed by atoms with Gasteiger partial charge in [-0.15, -0.1) is 0 Å². The molecular formula is C9H13N3O. The first-order valence-corrected chi connectivity index (χ1v) is 4.17. The molecule has 0 saturated heterocycles. The van der Waals surface area contributed by atoms with Crippen LogP contribution in [-0.2, 0) is 11.2 Å². The van der Waals surface area contributed by atoms with Crippen molar-refractivity contribution in [3.05, 3.63) is 30.1 Å². The number of hydrogen-bond acceptors (Lipinski definition) is 3. The molecular weight excluding hydrogens is 166 g/mol. The number of hydrazine groups is 1. The van der Waals surface area contributed by atoms with Gasteiger partial charge in [0.2, 0.25) is 5.91 Å². The van der Waals surface area contributed by atoms with Gasteiger partial charge in [0.05, 0.1) is 0 Å². The predicted octanol–water partition coefficient (Wildman–Crippen LogP) is 0.265. The Morgan fingerprint density at radius 2 is 2.46 bits per heavy atom. The molecule has 0 fully saturated rings. The molecule has 0 spiro atoms. The second-order valence-corrected chi connectivity index (χ2v) is 2.66. The van der Waals surface area contributed by atoms with Crippen molar-refractivity contribution >= 4 is 5.91 Å². The number of pyridine rings is 1. The van der Waals surface area contributed by atoms with Crippen molar-refractivity contribution in [2.45, 2.75) is 12.8 Å². The Morgan fingerprint density at radius 3 is 3.08 bits per heavy atom. The number of nitrogens with one attached hydrogen (secondary N) is 2. The molecule has 1 aromatic heterocycles. The molecule has 1 heterocycles. The highest BCUT2D eigenvalue weighted by atomic mass is 16.2. The largest absolute Gasteiger partial charge is 0.292 e. The standard InChI is InChI=1S/C9H13N3O/c1-10-12-9(13)5-4-8-3-2-6-11-7-8/h2-3,6-7,10H,4-5H2,1H3,(H,12,13). The monoisotopic (exact) mass is 179 g/mol. The number of carbonyl (C=O) groups is 1. The Kier molecular flexibility index (Phi) is 3.92. The molecule has 0 unspecified atom stereocenters. The molecule has 70 valence electrons. The van der Waals surface area contributed by atoms with Crippen LogP contribution in [0.2, 0.25) is 0 Å². The molecule has 0 aliphatic carbocycles. The van der Waals surface area contributed by atoms with Crippen LogP contribution in [0, 0.1) is 0 Å². The highest BCUT2D eigenvalue weighted by Gasteiger charge is 1.99. The van der Waals surface area contributed by atoms with Gasteiger partial charge in [-0.25, -0.2) is 5.43 Å². The highest BCUT2D eigenvalue weighted by molar-refractivity contribution is 5.75. The SMILES string of the molecule is CNNC(=O)CCc1cccnc1. The van der Waals surface area contributed by atoms with E-state index in [1.165, 1.54) is 0 Å². The van der Waals surface area contributed by atoms with E-state index in [1.807, 2.05) is 12.1 Å². The van der Waals surface area contributed by atoms with Crippen molar-refractivity contribution in [1.82, 2.24) is 15.8 Å². The molecule has 4 heteroatoms. The maximum atomic E-state index is 11.0. The van der Waals surface area contributed by atoms with Gasteiger partial charge < -0.3 is 0 Å². The zero-order valence-corrected chi connectivity index (χ0v) is 7.58. The molecule has 1 amide bonds. The number of aromatic nitrogens is 1. The summed E-state index contributed by atoms with van der Waals surface area (Å²) in [5.74, 6) is -0.00801. The summed E-state index contributed by atoms with van der Waals surface area (Å²) in [7, 11) is 1.67. The van der Waals surface area contributed by atoms with Crippen molar-refractivity contribution in [1.29, 1.82) is 0 Å². The van der Waals surface area contributed by atoms with Gasteiger partial charge in [-0.1, -0.05) is 6.07 Å². The molecule has 0 saturated carbocycles. The predicted molar refractivity (Wildman–Crippen MR) is 49.8 cm³/mol. The van der Waals surface area contributed by atoms with E-state index in [2.05, 4.69) is 15.8 Å². The van der Waals surface area contributed by atoms with E-state index in [0.29, 0.717) is 6.42 Å². The van der Waals surface area contributed by atoms with Gasteiger partial charge >= 0.3 is 0 Å². The molecule has 1 rings (SSSR count). The van der Waals surface area contributed by atoms with Gasteiger partial charge in [0.1, 0.15) is 0 Å². The van der Waals surface area contributed by atoms with E-state index in [-0.39, 0.29) is 5.91 Å². The fourth-order valence-electron chi connectivity index (χ4n) is 1.01. The third-order valence-electron chi connectivity index (χ3n) is 1.63. The van der Waals surface area contributed by atoms with E-state index in [4.69, 9.17) is 0 Å². The van der Waals surface area contributed by atoms with Crippen LogP contribution in [0.15, 0.2) is 24.5 Å². The van der Waals surface area contributed by atoms with Crippen LogP contribution in [0.4, 0.5) is 0 Å². The van der Waals surface area contributed by atoms with Crippen LogP contribution in [0.25, 0.3) is 0 Å². The van der Waals surface area contributed by atoms with Crippen molar-refractivity contribution in [3.8, 4) is 0 Å². The average Bonchev–Trinajstić information content (AvgIpc) is 2.17. The third-order valence-corrected chi connectivity index (χ3v) is 1.63. The summed E-state index contributed by atoms with van der Waals surface area (Å²) in [6.45, 7) is 0. The van der Waals surface area contributed by atoms with Crippen molar-refractivity contribution in [2.75, 3.05) is 7.05 Å².